The first-order valence-corrected chi connectivity index (χ1v) is 11.7. The lowest BCUT2D eigenvalue weighted by Crippen LogP contribution is -2.52. The van der Waals surface area contributed by atoms with Crippen LogP contribution in [0, 0.1) is 0 Å². The second-order valence-corrected chi connectivity index (χ2v) is 8.99. The number of fused-ring (bicyclic) bond motifs is 1. The fraction of sp³-hybridized carbons (Fsp3) is 0.400. The first-order chi connectivity index (χ1) is 16.1. The van der Waals surface area contributed by atoms with Crippen LogP contribution in [-0.2, 0) is 11.3 Å². The molecule has 8 nitrogen and oxygen atoms in total. The van der Waals surface area contributed by atoms with Crippen LogP contribution >= 0.6 is 11.6 Å². The van der Waals surface area contributed by atoms with Crippen LogP contribution in [-0.4, -0.2) is 52.6 Å². The number of hydrogen-bond donors (Lipinski definition) is 2. The number of aliphatic carboxylic acids is 1. The molecule has 0 aromatic heterocycles. The average molecular weight is 488 g/mol. The van der Waals surface area contributed by atoms with Gasteiger partial charge in [0.1, 0.15) is 11.8 Å². The molecule has 34 heavy (non-hydrogen) atoms. The Morgan fingerprint density at radius 3 is 2.53 bits per heavy atom. The number of hydrogen-bond acceptors (Lipinski definition) is 4. The van der Waals surface area contributed by atoms with Crippen molar-refractivity contribution in [2.45, 2.75) is 58.8 Å². The Morgan fingerprint density at radius 2 is 1.91 bits per heavy atom. The summed E-state index contributed by atoms with van der Waals surface area (Å²) < 4.78 is 5.66. The number of nitrogens with zero attached hydrogens (tertiary/aromatic N) is 2. The third kappa shape index (κ3) is 5.62. The highest BCUT2D eigenvalue weighted by molar-refractivity contribution is 6.34. The molecule has 0 fully saturated rings. The summed E-state index contributed by atoms with van der Waals surface area (Å²) in [7, 11) is 0. The lowest BCUT2D eigenvalue weighted by Gasteiger charge is -2.30. The zero-order valence-corrected chi connectivity index (χ0v) is 20.5. The van der Waals surface area contributed by atoms with E-state index in [1.807, 2.05) is 45.0 Å². The summed E-state index contributed by atoms with van der Waals surface area (Å²) in [5.74, 6) is -0.803. The number of nitrogens with one attached hydrogen (secondary N) is 1. The summed E-state index contributed by atoms with van der Waals surface area (Å²) in [4.78, 5) is 41.2. The molecule has 3 rings (SSSR count). The normalized spacial score (nSPS) is 16.5. The lowest BCUT2D eigenvalue weighted by molar-refractivity contribution is -0.139. The minimum Gasteiger partial charge on any atom is -0.491 e. The van der Waals surface area contributed by atoms with Crippen molar-refractivity contribution in [3.05, 3.63) is 58.6 Å². The standard InChI is InChI=1S/C25H30ClN3O5/c1-5-21(24(31)32)27-25(33)28-14-17-8-6-7-9-22(17)29(13-16(28)4)23(30)19-11-10-18(12-20(19)26)34-15(2)3/h6-12,15-16,21H,5,13-14H2,1-4H3,(H,27,33)(H,31,32)/t16-,21?/m1/s1. The predicted octanol–water partition coefficient (Wildman–Crippen LogP) is 4.55. The van der Waals surface area contributed by atoms with Crippen molar-refractivity contribution in [3.8, 4) is 5.75 Å². The van der Waals surface area contributed by atoms with E-state index in [1.165, 1.54) is 0 Å². The minimum absolute atomic E-state index is 0.0264. The van der Waals surface area contributed by atoms with E-state index >= 15 is 0 Å². The molecule has 2 aromatic rings. The van der Waals surface area contributed by atoms with Crippen LogP contribution in [0.4, 0.5) is 10.5 Å². The molecule has 0 saturated carbocycles. The first kappa shape index (κ1) is 25.4. The number of carbonyl (C=O) groups excluding carboxylic acids is 2. The van der Waals surface area contributed by atoms with Crippen LogP contribution in [0.5, 0.6) is 5.75 Å². The third-order valence-electron chi connectivity index (χ3n) is 5.65. The Balaban J connectivity index is 1.91. The smallest absolute Gasteiger partial charge is 0.326 e. The fourth-order valence-corrected chi connectivity index (χ4v) is 4.15. The van der Waals surface area contributed by atoms with Gasteiger partial charge in [-0.1, -0.05) is 36.7 Å². The number of benzene rings is 2. The van der Waals surface area contributed by atoms with Crippen molar-refractivity contribution in [2.75, 3.05) is 11.4 Å². The van der Waals surface area contributed by atoms with E-state index in [0.717, 1.165) is 5.56 Å². The van der Waals surface area contributed by atoms with Crippen molar-refractivity contribution in [1.82, 2.24) is 10.2 Å². The number of anilines is 1. The van der Waals surface area contributed by atoms with Gasteiger partial charge < -0.3 is 25.0 Å². The molecule has 2 atom stereocenters. The maximum atomic E-state index is 13.6. The molecule has 0 saturated heterocycles. The second kappa shape index (κ2) is 10.8. The highest BCUT2D eigenvalue weighted by Crippen LogP contribution is 2.31. The van der Waals surface area contributed by atoms with Crippen LogP contribution in [0.25, 0.3) is 0 Å². The molecule has 0 aliphatic carbocycles. The van der Waals surface area contributed by atoms with Gasteiger partial charge in [0, 0.05) is 24.8 Å². The molecule has 1 unspecified atom stereocenters. The largest absolute Gasteiger partial charge is 0.491 e. The van der Waals surface area contributed by atoms with Crippen molar-refractivity contribution in [2.24, 2.45) is 0 Å². The predicted molar refractivity (Wildman–Crippen MR) is 131 cm³/mol. The number of ether oxygens (including phenoxy) is 1. The molecule has 1 aliphatic rings. The number of urea groups is 1. The molecule has 2 N–H and O–H groups in total. The summed E-state index contributed by atoms with van der Waals surface area (Å²) in [6.45, 7) is 7.79. The SMILES string of the molecule is CCC(NC(=O)N1Cc2ccccc2N(C(=O)c2ccc(OC(C)C)cc2Cl)C[C@H]1C)C(=O)O. The van der Waals surface area contributed by atoms with Gasteiger partial charge in [0.05, 0.1) is 16.7 Å². The number of carbonyl (C=O) groups is 3. The number of amides is 3. The summed E-state index contributed by atoms with van der Waals surface area (Å²) >= 11 is 6.46. The summed E-state index contributed by atoms with van der Waals surface area (Å²) in [6, 6.07) is 10.5. The number of para-hydroxylation sites is 1. The average Bonchev–Trinajstić information content (AvgIpc) is 2.93. The topological polar surface area (TPSA) is 99.2 Å². The first-order valence-electron chi connectivity index (χ1n) is 11.3. The van der Waals surface area contributed by atoms with E-state index in [-0.39, 0.29) is 42.6 Å². The van der Waals surface area contributed by atoms with Crippen LogP contribution in [0.2, 0.25) is 5.02 Å². The van der Waals surface area contributed by atoms with Gasteiger partial charge in [0.15, 0.2) is 0 Å². The van der Waals surface area contributed by atoms with Crippen molar-refractivity contribution in [1.29, 1.82) is 0 Å². The Bertz CT molecular complexity index is 1070. The van der Waals surface area contributed by atoms with Gasteiger partial charge in [-0.05, 0) is 57.0 Å². The fourth-order valence-electron chi connectivity index (χ4n) is 3.90. The van der Waals surface area contributed by atoms with Gasteiger partial charge >= 0.3 is 12.0 Å². The van der Waals surface area contributed by atoms with Crippen molar-refractivity contribution >= 4 is 35.2 Å². The third-order valence-corrected chi connectivity index (χ3v) is 5.97. The molecule has 1 aliphatic heterocycles. The molecule has 3 amide bonds. The monoisotopic (exact) mass is 487 g/mol. The van der Waals surface area contributed by atoms with Gasteiger partial charge in [-0.15, -0.1) is 0 Å². The highest BCUT2D eigenvalue weighted by Gasteiger charge is 2.33. The molecular formula is C25H30ClN3O5. The van der Waals surface area contributed by atoms with Crippen LogP contribution in [0.1, 0.15) is 50.0 Å². The molecule has 0 radical (unpaired) electrons. The Kier molecular flexibility index (Phi) is 8.04. The second-order valence-electron chi connectivity index (χ2n) is 8.58. The summed E-state index contributed by atoms with van der Waals surface area (Å²) in [5.41, 5.74) is 1.78. The molecular weight excluding hydrogens is 458 g/mol. The Labute approximate surface area is 204 Å². The maximum Gasteiger partial charge on any atom is 0.326 e. The van der Waals surface area contributed by atoms with Gasteiger partial charge in [-0.3, -0.25) is 4.79 Å². The van der Waals surface area contributed by atoms with Crippen molar-refractivity contribution in [3.63, 3.8) is 0 Å². The van der Waals surface area contributed by atoms with Gasteiger partial charge in [-0.2, -0.15) is 0 Å². The molecule has 0 spiro atoms. The van der Waals surface area contributed by atoms with Crippen LogP contribution < -0.4 is 15.0 Å². The summed E-state index contributed by atoms with van der Waals surface area (Å²) in [5, 5.41) is 12.2. The van der Waals surface area contributed by atoms with Crippen LogP contribution in [0.15, 0.2) is 42.5 Å². The molecule has 1 heterocycles. The number of rotatable bonds is 6. The maximum absolute atomic E-state index is 13.6. The lowest BCUT2D eigenvalue weighted by atomic mass is 10.1. The molecule has 182 valence electrons. The highest BCUT2D eigenvalue weighted by atomic mass is 35.5. The molecule has 9 heteroatoms. The molecule has 0 bridgehead atoms. The van der Waals surface area contributed by atoms with E-state index in [9.17, 15) is 19.5 Å². The number of halogens is 1. The van der Waals surface area contributed by atoms with Crippen LogP contribution in [0.3, 0.4) is 0 Å². The zero-order valence-electron chi connectivity index (χ0n) is 19.7. The van der Waals surface area contributed by atoms with Crippen molar-refractivity contribution < 1.29 is 24.2 Å². The Morgan fingerprint density at radius 1 is 1.21 bits per heavy atom. The van der Waals surface area contributed by atoms with E-state index in [2.05, 4.69) is 5.32 Å². The quantitative estimate of drug-likeness (QED) is 0.622. The van der Waals surface area contributed by atoms with Gasteiger partial charge in [0.25, 0.3) is 5.91 Å². The minimum atomic E-state index is -1.09. The zero-order chi connectivity index (χ0) is 25.0. The van der Waals surface area contributed by atoms with Gasteiger partial charge in [0.2, 0.25) is 0 Å². The van der Waals surface area contributed by atoms with E-state index in [0.29, 0.717) is 17.0 Å². The number of carboxylic acids is 1. The molecule has 2 aromatic carbocycles. The van der Waals surface area contributed by atoms with Gasteiger partial charge in [-0.25, -0.2) is 9.59 Å². The van der Waals surface area contributed by atoms with E-state index in [4.69, 9.17) is 16.3 Å². The Hall–Kier alpha value is -3.26. The number of carboxylic acid groups (broad SMARTS) is 1. The summed E-state index contributed by atoms with van der Waals surface area (Å²) in [6.07, 6.45) is 0.237. The van der Waals surface area contributed by atoms with E-state index < -0.39 is 18.0 Å². The van der Waals surface area contributed by atoms with E-state index in [1.54, 1.807) is 34.9 Å².